The van der Waals surface area contributed by atoms with Crippen LogP contribution in [0.15, 0.2) is 47.1 Å². The molecule has 3 rings (SSSR count). The predicted molar refractivity (Wildman–Crippen MR) is 69.9 cm³/mol. The number of para-hydroxylation sites is 1. The maximum absolute atomic E-state index is 13.5. The van der Waals surface area contributed by atoms with Crippen LogP contribution < -0.4 is 5.32 Å². The zero-order valence-electron chi connectivity index (χ0n) is 10.3. The summed E-state index contributed by atoms with van der Waals surface area (Å²) in [5.74, 6) is -3.15. The Morgan fingerprint density at radius 3 is 2.70 bits per heavy atom. The summed E-state index contributed by atoms with van der Waals surface area (Å²) in [5, 5.41) is 3.55. The van der Waals surface area contributed by atoms with Crippen LogP contribution >= 0.6 is 0 Å². The first-order chi connectivity index (χ1) is 9.65. The third-order valence-electron chi connectivity index (χ3n) is 3.02. The number of hydrogen-bond acceptors (Lipinski definition) is 2. The fourth-order valence-corrected chi connectivity index (χ4v) is 2.04. The van der Waals surface area contributed by atoms with Crippen molar-refractivity contribution < 1.29 is 17.6 Å². The fraction of sp³-hybridized carbons (Fsp3) is 0.0667. The number of nitrogens with one attached hydrogen (secondary N) is 1. The van der Waals surface area contributed by atoms with Gasteiger partial charge in [-0.2, -0.15) is 0 Å². The highest BCUT2D eigenvalue weighted by molar-refractivity contribution is 5.81. The quantitative estimate of drug-likeness (QED) is 0.715. The Morgan fingerprint density at radius 2 is 1.85 bits per heavy atom. The number of fused-ring (bicyclic) bond motifs is 1. The summed E-state index contributed by atoms with van der Waals surface area (Å²) >= 11 is 0. The molecule has 0 bridgehead atoms. The highest BCUT2D eigenvalue weighted by Crippen LogP contribution is 2.24. The molecule has 20 heavy (non-hydrogen) atoms. The largest absolute Gasteiger partial charge is 0.464 e. The van der Waals surface area contributed by atoms with Gasteiger partial charge in [-0.05, 0) is 6.07 Å². The lowest BCUT2D eigenvalue weighted by Gasteiger charge is -2.07. The minimum atomic E-state index is -1.22. The van der Waals surface area contributed by atoms with Gasteiger partial charge < -0.3 is 9.73 Å². The maximum atomic E-state index is 13.5. The van der Waals surface area contributed by atoms with Crippen molar-refractivity contribution in [2.75, 3.05) is 5.32 Å². The lowest BCUT2D eigenvalue weighted by atomic mass is 10.1. The summed E-state index contributed by atoms with van der Waals surface area (Å²) in [6.07, 6.45) is 1.53. The highest BCUT2D eigenvalue weighted by atomic mass is 19.2. The van der Waals surface area contributed by atoms with Crippen molar-refractivity contribution in [2.45, 2.75) is 6.54 Å². The maximum Gasteiger partial charge on any atom is 0.182 e. The molecule has 0 aliphatic heterocycles. The number of benzene rings is 2. The van der Waals surface area contributed by atoms with Gasteiger partial charge in [-0.15, -0.1) is 0 Å². The van der Waals surface area contributed by atoms with Gasteiger partial charge in [-0.25, -0.2) is 13.2 Å². The van der Waals surface area contributed by atoms with Crippen LogP contribution in [0.2, 0.25) is 0 Å². The third-order valence-corrected chi connectivity index (χ3v) is 3.02. The van der Waals surface area contributed by atoms with Crippen molar-refractivity contribution in [1.29, 1.82) is 0 Å². The number of rotatable bonds is 3. The van der Waals surface area contributed by atoms with E-state index in [1.165, 1.54) is 6.26 Å². The molecule has 1 heterocycles. The molecule has 2 aromatic carbocycles. The molecule has 0 saturated carbocycles. The van der Waals surface area contributed by atoms with Gasteiger partial charge in [0.25, 0.3) is 0 Å². The SMILES string of the molecule is Fc1cc(F)c(F)c(NCc2coc3ccccc23)c1. The van der Waals surface area contributed by atoms with Crippen LogP contribution in [0.5, 0.6) is 0 Å². The topological polar surface area (TPSA) is 25.2 Å². The Bertz CT molecular complexity index is 767. The van der Waals surface area contributed by atoms with Crippen molar-refractivity contribution in [3.05, 3.63) is 65.7 Å². The molecule has 0 radical (unpaired) electrons. The van der Waals surface area contributed by atoms with E-state index < -0.39 is 17.5 Å². The smallest absolute Gasteiger partial charge is 0.182 e. The van der Waals surface area contributed by atoms with E-state index in [-0.39, 0.29) is 12.2 Å². The van der Waals surface area contributed by atoms with Crippen molar-refractivity contribution in [3.63, 3.8) is 0 Å². The van der Waals surface area contributed by atoms with Gasteiger partial charge >= 0.3 is 0 Å². The Morgan fingerprint density at radius 1 is 1.05 bits per heavy atom. The van der Waals surface area contributed by atoms with Crippen LogP contribution in [0.1, 0.15) is 5.56 Å². The van der Waals surface area contributed by atoms with E-state index in [1.807, 2.05) is 18.2 Å². The molecule has 0 amide bonds. The van der Waals surface area contributed by atoms with Crippen LogP contribution in [0.4, 0.5) is 18.9 Å². The van der Waals surface area contributed by atoms with E-state index in [0.29, 0.717) is 11.6 Å². The number of hydrogen-bond donors (Lipinski definition) is 1. The zero-order chi connectivity index (χ0) is 14.1. The second-order valence-corrected chi connectivity index (χ2v) is 4.36. The van der Waals surface area contributed by atoms with Gasteiger partial charge in [0.15, 0.2) is 11.6 Å². The molecule has 5 heteroatoms. The average Bonchev–Trinajstić information content (AvgIpc) is 2.84. The van der Waals surface area contributed by atoms with Gasteiger partial charge in [-0.3, -0.25) is 0 Å². The van der Waals surface area contributed by atoms with Gasteiger partial charge in [0.2, 0.25) is 0 Å². The highest BCUT2D eigenvalue weighted by Gasteiger charge is 2.12. The Balaban J connectivity index is 1.87. The molecular formula is C15H10F3NO. The van der Waals surface area contributed by atoms with E-state index in [9.17, 15) is 13.2 Å². The lowest BCUT2D eigenvalue weighted by Crippen LogP contribution is -2.03. The van der Waals surface area contributed by atoms with Crippen molar-refractivity contribution in [1.82, 2.24) is 0 Å². The first kappa shape index (κ1) is 12.6. The minimum absolute atomic E-state index is 0.205. The average molecular weight is 277 g/mol. The summed E-state index contributed by atoms with van der Waals surface area (Å²) in [6, 6.07) is 8.78. The molecule has 1 N–H and O–H groups in total. The molecule has 0 fully saturated rings. The molecule has 1 aromatic heterocycles. The number of halogens is 3. The van der Waals surface area contributed by atoms with E-state index in [1.54, 1.807) is 6.07 Å². The third kappa shape index (κ3) is 2.22. The van der Waals surface area contributed by atoms with Gasteiger partial charge in [0.05, 0.1) is 12.0 Å². The summed E-state index contributed by atoms with van der Waals surface area (Å²) in [7, 11) is 0. The fourth-order valence-electron chi connectivity index (χ4n) is 2.04. The van der Waals surface area contributed by atoms with Crippen LogP contribution in [0, 0.1) is 17.5 Å². The summed E-state index contributed by atoms with van der Waals surface area (Å²) in [5.41, 5.74) is 1.27. The summed E-state index contributed by atoms with van der Waals surface area (Å²) < 4.78 is 45.0. The lowest BCUT2D eigenvalue weighted by molar-refractivity contribution is 0.497. The molecule has 0 atom stereocenters. The van der Waals surface area contributed by atoms with Crippen molar-refractivity contribution >= 4 is 16.7 Å². The van der Waals surface area contributed by atoms with Crippen LogP contribution in [-0.2, 0) is 6.54 Å². The molecule has 0 saturated heterocycles. The molecule has 0 unspecified atom stereocenters. The molecule has 0 aliphatic carbocycles. The number of furan rings is 1. The van der Waals surface area contributed by atoms with Crippen LogP contribution in [0.3, 0.4) is 0 Å². The van der Waals surface area contributed by atoms with Crippen molar-refractivity contribution in [2.24, 2.45) is 0 Å². The predicted octanol–water partition coefficient (Wildman–Crippen LogP) is 4.46. The molecule has 3 aromatic rings. The summed E-state index contributed by atoms with van der Waals surface area (Å²) in [6.45, 7) is 0.205. The van der Waals surface area contributed by atoms with E-state index in [0.717, 1.165) is 17.0 Å². The molecule has 2 nitrogen and oxygen atoms in total. The Hall–Kier alpha value is -2.43. The molecule has 0 aliphatic rings. The Labute approximate surface area is 112 Å². The minimum Gasteiger partial charge on any atom is -0.464 e. The molecule has 0 spiro atoms. The normalized spacial score (nSPS) is 10.9. The first-order valence-electron chi connectivity index (χ1n) is 5.98. The van der Waals surface area contributed by atoms with Gasteiger partial charge in [0, 0.05) is 29.6 Å². The second-order valence-electron chi connectivity index (χ2n) is 4.36. The van der Waals surface area contributed by atoms with E-state index in [4.69, 9.17) is 4.42 Å². The first-order valence-corrected chi connectivity index (χ1v) is 5.98. The number of anilines is 1. The van der Waals surface area contributed by atoms with Crippen molar-refractivity contribution in [3.8, 4) is 0 Å². The van der Waals surface area contributed by atoms with E-state index in [2.05, 4.69) is 5.32 Å². The summed E-state index contributed by atoms with van der Waals surface area (Å²) in [4.78, 5) is 0. The standard InChI is InChI=1S/C15H10F3NO/c16-10-5-12(17)15(18)13(6-10)19-7-9-8-20-14-4-2-1-3-11(9)14/h1-6,8,19H,7H2. The molecule has 102 valence electrons. The monoisotopic (exact) mass is 277 g/mol. The second kappa shape index (κ2) is 4.92. The van der Waals surface area contributed by atoms with Crippen LogP contribution in [0.25, 0.3) is 11.0 Å². The Kier molecular flexibility index (Phi) is 3.10. The van der Waals surface area contributed by atoms with Crippen LogP contribution in [-0.4, -0.2) is 0 Å². The molecular weight excluding hydrogens is 267 g/mol. The van der Waals surface area contributed by atoms with Gasteiger partial charge in [-0.1, -0.05) is 18.2 Å². The van der Waals surface area contributed by atoms with E-state index >= 15 is 0 Å². The zero-order valence-corrected chi connectivity index (χ0v) is 10.3. The van der Waals surface area contributed by atoms with Gasteiger partial charge in [0.1, 0.15) is 11.4 Å².